The lowest BCUT2D eigenvalue weighted by Gasteiger charge is -2.11. The van der Waals surface area contributed by atoms with E-state index < -0.39 is 6.10 Å². The summed E-state index contributed by atoms with van der Waals surface area (Å²) in [6, 6.07) is 16.0. The van der Waals surface area contributed by atoms with Gasteiger partial charge in [0.2, 0.25) is 0 Å². The van der Waals surface area contributed by atoms with Crippen LogP contribution in [0.3, 0.4) is 0 Å². The van der Waals surface area contributed by atoms with Crippen molar-refractivity contribution in [1.82, 2.24) is 0 Å². The zero-order valence-corrected chi connectivity index (χ0v) is 9.72. The minimum absolute atomic E-state index is 0.581. The number of hydrogen-bond acceptors (Lipinski definition) is 2. The highest BCUT2D eigenvalue weighted by molar-refractivity contribution is 6.30. The second-order valence-corrected chi connectivity index (χ2v) is 4.12. The standard InChI is InChI=1S/C14H10ClNO/c15-13-7-5-12(6-8-13)14(17)11-3-1-10(9-16)2-4-11/h1-8,14,17H. The van der Waals surface area contributed by atoms with Crippen LogP contribution in [-0.4, -0.2) is 5.11 Å². The lowest BCUT2D eigenvalue weighted by atomic mass is 10.0. The molecule has 84 valence electrons. The Morgan fingerprint density at radius 2 is 1.41 bits per heavy atom. The van der Waals surface area contributed by atoms with E-state index in [2.05, 4.69) is 0 Å². The summed E-state index contributed by atoms with van der Waals surface area (Å²) in [4.78, 5) is 0. The van der Waals surface area contributed by atoms with Crippen LogP contribution in [0.15, 0.2) is 48.5 Å². The van der Waals surface area contributed by atoms with E-state index in [1.54, 1.807) is 48.5 Å². The largest absolute Gasteiger partial charge is 0.384 e. The molecule has 0 amide bonds. The fraction of sp³-hybridized carbons (Fsp3) is 0.0714. The first-order valence-corrected chi connectivity index (χ1v) is 5.52. The van der Waals surface area contributed by atoms with Crippen LogP contribution < -0.4 is 0 Å². The molecule has 0 bridgehead atoms. The quantitative estimate of drug-likeness (QED) is 0.880. The molecule has 0 aromatic heterocycles. The van der Waals surface area contributed by atoms with Crippen molar-refractivity contribution >= 4 is 11.6 Å². The van der Waals surface area contributed by atoms with Gasteiger partial charge in [-0.15, -0.1) is 0 Å². The Labute approximate surface area is 105 Å². The second-order valence-electron chi connectivity index (χ2n) is 3.69. The Hall–Kier alpha value is -1.82. The van der Waals surface area contributed by atoms with Gasteiger partial charge in [0, 0.05) is 5.02 Å². The van der Waals surface area contributed by atoms with Crippen molar-refractivity contribution in [3.8, 4) is 6.07 Å². The van der Waals surface area contributed by atoms with Gasteiger partial charge in [-0.05, 0) is 35.4 Å². The van der Waals surface area contributed by atoms with E-state index in [9.17, 15) is 5.11 Å². The Bertz CT molecular complexity index is 540. The number of nitriles is 1. The van der Waals surface area contributed by atoms with Crippen molar-refractivity contribution in [2.24, 2.45) is 0 Å². The molecule has 0 aliphatic heterocycles. The molecule has 2 rings (SSSR count). The van der Waals surface area contributed by atoms with Gasteiger partial charge in [0.25, 0.3) is 0 Å². The van der Waals surface area contributed by atoms with E-state index in [1.807, 2.05) is 6.07 Å². The minimum Gasteiger partial charge on any atom is -0.384 e. The molecule has 0 radical (unpaired) electrons. The maximum atomic E-state index is 10.1. The van der Waals surface area contributed by atoms with E-state index in [0.717, 1.165) is 11.1 Å². The highest BCUT2D eigenvalue weighted by atomic mass is 35.5. The topological polar surface area (TPSA) is 44.0 Å². The van der Waals surface area contributed by atoms with Crippen LogP contribution in [0.1, 0.15) is 22.8 Å². The number of hydrogen-bond donors (Lipinski definition) is 1. The average molecular weight is 244 g/mol. The molecule has 0 heterocycles. The first-order chi connectivity index (χ1) is 8.20. The predicted octanol–water partition coefficient (Wildman–Crippen LogP) is 3.29. The number of halogens is 1. The van der Waals surface area contributed by atoms with Crippen molar-refractivity contribution in [3.05, 3.63) is 70.2 Å². The van der Waals surface area contributed by atoms with E-state index in [1.165, 1.54) is 0 Å². The fourth-order valence-electron chi connectivity index (χ4n) is 1.58. The minimum atomic E-state index is -0.694. The maximum Gasteiger partial charge on any atom is 0.104 e. The van der Waals surface area contributed by atoms with Gasteiger partial charge in [0.1, 0.15) is 6.10 Å². The van der Waals surface area contributed by atoms with Gasteiger partial charge in [-0.3, -0.25) is 0 Å². The molecule has 1 unspecified atom stereocenters. The summed E-state index contributed by atoms with van der Waals surface area (Å²) >= 11 is 5.78. The van der Waals surface area contributed by atoms with Crippen LogP contribution in [-0.2, 0) is 0 Å². The lowest BCUT2D eigenvalue weighted by Crippen LogP contribution is -1.99. The molecule has 1 atom stereocenters. The zero-order chi connectivity index (χ0) is 12.3. The Morgan fingerprint density at radius 1 is 0.941 bits per heavy atom. The Morgan fingerprint density at radius 3 is 1.88 bits per heavy atom. The summed E-state index contributed by atoms with van der Waals surface area (Å²) in [6.07, 6.45) is -0.694. The van der Waals surface area contributed by atoms with Crippen LogP contribution in [0.2, 0.25) is 5.02 Å². The van der Waals surface area contributed by atoms with Gasteiger partial charge >= 0.3 is 0 Å². The van der Waals surface area contributed by atoms with E-state index >= 15 is 0 Å². The molecule has 0 aliphatic rings. The SMILES string of the molecule is N#Cc1ccc(C(O)c2ccc(Cl)cc2)cc1. The fourth-order valence-corrected chi connectivity index (χ4v) is 1.70. The highest BCUT2D eigenvalue weighted by Gasteiger charge is 2.09. The van der Waals surface area contributed by atoms with Crippen molar-refractivity contribution in [3.63, 3.8) is 0 Å². The molecule has 17 heavy (non-hydrogen) atoms. The number of aliphatic hydroxyl groups excluding tert-OH is 1. The monoisotopic (exact) mass is 243 g/mol. The van der Waals surface area contributed by atoms with Crippen molar-refractivity contribution < 1.29 is 5.11 Å². The number of benzene rings is 2. The first kappa shape index (κ1) is 11.7. The molecular weight excluding hydrogens is 234 g/mol. The molecule has 0 saturated heterocycles. The summed E-state index contributed by atoms with van der Waals surface area (Å²) in [5.74, 6) is 0. The van der Waals surface area contributed by atoms with Gasteiger partial charge in [0.15, 0.2) is 0 Å². The lowest BCUT2D eigenvalue weighted by molar-refractivity contribution is 0.220. The van der Waals surface area contributed by atoms with Gasteiger partial charge in [0.05, 0.1) is 11.6 Å². The third kappa shape index (κ3) is 2.65. The van der Waals surface area contributed by atoms with E-state index in [4.69, 9.17) is 16.9 Å². The molecular formula is C14H10ClNO. The summed E-state index contributed by atoms with van der Waals surface area (Å²) in [6.45, 7) is 0. The predicted molar refractivity (Wildman–Crippen MR) is 66.7 cm³/mol. The normalized spacial score (nSPS) is 11.8. The molecule has 1 N–H and O–H groups in total. The van der Waals surface area contributed by atoms with Gasteiger partial charge < -0.3 is 5.11 Å². The third-order valence-corrected chi connectivity index (χ3v) is 2.79. The van der Waals surface area contributed by atoms with Crippen LogP contribution in [0, 0.1) is 11.3 Å². The van der Waals surface area contributed by atoms with Crippen molar-refractivity contribution in [2.75, 3.05) is 0 Å². The molecule has 0 saturated carbocycles. The third-order valence-electron chi connectivity index (χ3n) is 2.54. The van der Waals surface area contributed by atoms with Crippen LogP contribution in [0.5, 0.6) is 0 Å². The summed E-state index contributed by atoms with van der Waals surface area (Å²) in [7, 11) is 0. The zero-order valence-electron chi connectivity index (χ0n) is 8.97. The number of rotatable bonds is 2. The van der Waals surface area contributed by atoms with Crippen LogP contribution >= 0.6 is 11.6 Å². The Balaban J connectivity index is 2.27. The molecule has 0 aliphatic carbocycles. The van der Waals surface area contributed by atoms with E-state index in [0.29, 0.717) is 10.6 Å². The second kappa shape index (κ2) is 5.01. The van der Waals surface area contributed by atoms with Crippen molar-refractivity contribution in [2.45, 2.75) is 6.10 Å². The first-order valence-electron chi connectivity index (χ1n) is 5.14. The van der Waals surface area contributed by atoms with E-state index in [-0.39, 0.29) is 0 Å². The summed E-state index contributed by atoms with van der Waals surface area (Å²) in [5, 5.41) is 19.4. The van der Waals surface area contributed by atoms with Crippen molar-refractivity contribution in [1.29, 1.82) is 5.26 Å². The molecule has 0 spiro atoms. The Kier molecular flexibility index (Phi) is 3.43. The molecule has 3 heteroatoms. The molecule has 2 aromatic rings. The van der Waals surface area contributed by atoms with Gasteiger partial charge in [-0.25, -0.2) is 0 Å². The van der Waals surface area contributed by atoms with Gasteiger partial charge in [-0.2, -0.15) is 5.26 Å². The van der Waals surface area contributed by atoms with Crippen LogP contribution in [0.4, 0.5) is 0 Å². The molecule has 2 nitrogen and oxygen atoms in total. The smallest absolute Gasteiger partial charge is 0.104 e. The van der Waals surface area contributed by atoms with Gasteiger partial charge in [-0.1, -0.05) is 35.9 Å². The summed E-state index contributed by atoms with van der Waals surface area (Å²) in [5.41, 5.74) is 2.11. The average Bonchev–Trinajstić information content (AvgIpc) is 2.39. The molecule has 0 fully saturated rings. The number of aliphatic hydroxyl groups is 1. The highest BCUT2D eigenvalue weighted by Crippen LogP contribution is 2.23. The molecule has 2 aromatic carbocycles. The van der Waals surface area contributed by atoms with Crippen LogP contribution in [0.25, 0.3) is 0 Å². The maximum absolute atomic E-state index is 10.1. The number of nitrogens with zero attached hydrogens (tertiary/aromatic N) is 1. The summed E-state index contributed by atoms with van der Waals surface area (Å²) < 4.78 is 0.